The first-order valence-corrected chi connectivity index (χ1v) is 8.79. The Morgan fingerprint density at radius 1 is 1.16 bits per heavy atom. The summed E-state index contributed by atoms with van der Waals surface area (Å²) < 4.78 is 5.49. The lowest BCUT2D eigenvalue weighted by Gasteiger charge is -2.24. The van der Waals surface area contributed by atoms with Crippen LogP contribution in [0, 0.1) is 18.8 Å². The van der Waals surface area contributed by atoms with E-state index >= 15 is 0 Å². The summed E-state index contributed by atoms with van der Waals surface area (Å²) in [6, 6.07) is 7.93. The lowest BCUT2D eigenvalue weighted by Crippen LogP contribution is -2.45. The van der Waals surface area contributed by atoms with Crippen molar-refractivity contribution in [3.8, 4) is 11.3 Å². The predicted octanol–water partition coefficient (Wildman–Crippen LogP) is 1.38. The van der Waals surface area contributed by atoms with Crippen LogP contribution in [-0.4, -0.2) is 29.1 Å². The van der Waals surface area contributed by atoms with Gasteiger partial charge in [0.05, 0.1) is 23.8 Å². The second kappa shape index (κ2) is 6.09. The Kier molecular flexibility index (Phi) is 3.89. The molecule has 2 aliphatic rings. The first-order valence-electron chi connectivity index (χ1n) is 7.91. The highest BCUT2D eigenvalue weighted by molar-refractivity contribution is 7.14. The minimum Gasteiger partial charge on any atom is -0.550 e. The van der Waals surface area contributed by atoms with Crippen molar-refractivity contribution in [3.05, 3.63) is 47.4 Å². The fourth-order valence-corrected chi connectivity index (χ4v) is 4.00. The van der Waals surface area contributed by atoms with E-state index in [-0.39, 0.29) is 0 Å². The number of amides is 1. The van der Waals surface area contributed by atoms with Gasteiger partial charge in [0.25, 0.3) is 0 Å². The van der Waals surface area contributed by atoms with Gasteiger partial charge in [0.1, 0.15) is 0 Å². The maximum Gasteiger partial charge on any atom is 0.233 e. The molecule has 1 fully saturated rings. The van der Waals surface area contributed by atoms with E-state index in [9.17, 15) is 14.7 Å². The molecule has 2 aliphatic heterocycles. The second-order valence-corrected chi connectivity index (χ2v) is 7.07. The summed E-state index contributed by atoms with van der Waals surface area (Å²) in [5.41, 5.74) is 2.88. The maximum absolute atomic E-state index is 12.6. The molecule has 4 atom stereocenters. The van der Waals surface area contributed by atoms with Gasteiger partial charge in [0.15, 0.2) is 5.13 Å². The molecule has 2 bridgehead atoms. The predicted molar refractivity (Wildman–Crippen MR) is 90.7 cm³/mol. The minimum absolute atomic E-state index is 0.407. The van der Waals surface area contributed by atoms with Crippen molar-refractivity contribution in [1.29, 1.82) is 0 Å². The summed E-state index contributed by atoms with van der Waals surface area (Å²) in [6.45, 7) is 2.01. The highest BCUT2D eigenvalue weighted by Gasteiger charge is 2.50. The molecule has 1 aromatic carbocycles. The summed E-state index contributed by atoms with van der Waals surface area (Å²) in [7, 11) is 0. The summed E-state index contributed by atoms with van der Waals surface area (Å²) in [6.07, 6.45) is 2.29. The number of hydrogen-bond donors (Lipinski definition) is 1. The van der Waals surface area contributed by atoms with Gasteiger partial charge in [0.2, 0.25) is 5.91 Å². The molecule has 1 saturated heterocycles. The molecule has 1 aromatic heterocycles. The summed E-state index contributed by atoms with van der Waals surface area (Å²) in [5, 5.41) is 16.4. The van der Waals surface area contributed by atoms with Gasteiger partial charge in [-0.2, -0.15) is 0 Å². The van der Waals surface area contributed by atoms with Gasteiger partial charge >= 0.3 is 0 Å². The van der Waals surface area contributed by atoms with Crippen LogP contribution in [0.15, 0.2) is 41.8 Å². The molecule has 6 nitrogen and oxygen atoms in total. The van der Waals surface area contributed by atoms with Crippen molar-refractivity contribution in [3.63, 3.8) is 0 Å². The topological polar surface area (TPSA) is 91.3 Å². The third kappa shape index (κ3) is 2.85. The number of benzene rings is 1. The van der Waals surface area contributed by atoms with Gasteiger partial charge in [-0.25, -0.2) is 4.98 Å². The van der Waals surface area contributed by atoms with E-state index in [2.05, 4.69) is 10.3 Å². The first kappa shape index (κ1) is 16.0. The number of aliphatic carboxylic acids is 1. The minimum atomic E-state index is -1.27. The van der Waals surface area contributed by atoms with Crippen molar-refractivity contribution < 1.29 is 19.4 Å². The van der Waals surface area contributed by atoms with Crippen LogP contribution >= 0.6 is 11.3 Å². The van der Waals surface area contributed by atoms with Crippen LogP contribution in [0.4, 0.5) is 5.13 Å². The third-order valence-electron chi connectivity index (χ3n) is 4.56. The Labute approximate surface area is 148 Å². The number of carbonyl (C=O) groups excluding carboxylic acids is 2. The van der Waals surface area contributed by atoms with Crippen molar-refractivity contribution >= 4 is 28.3 Å². The van der Waals surface area contributed by atoms with Gasteiger partial charge in [-0.15, -0.1) is 11.3 Å². The van der Waals surface area contributed by atoms with Gasteiger partial charge < -0.3 is 20.0 Å². The largest absolute Gasteiger partial charge is 0.550 e. The number of rotatable bonds is 4. The lowest BCUT2D eigenvalue weighted by atomic mass is 9.82. The number of hydrogen-bond acceptors (Lipinski definition) is 6. The number of nitrogens with zero attached hydrogens (tertiary/aromatic N) is 1. The van der Waals surface area contributed by atoms with Gasteiger partial charge in [-0.05, 0) is 6.92 Å². The number of nitrogens with one attached hydrogen (secondary N) is 1. The Morgan fingerprint density at radius 3 is 2.52 bits per heavy atom. The zero-order chi connectivity index (χ0) is 17.6. The number of carbonyl (C=O) groups is 2. The Bertz CT molecular complexity index is 858. The van der Waals surface area contributed by atoms with Gasteiger partial charge in [-0.3, -0.25) is 4.79 Å². The summed E-state index contributed by atoms with van der Waals surface area (Å²) in [5.74, 6) is -3.44. The van der Waals surface area contributed by atoms with Crippen LogP contribution in [0.25, 0.3) is 11.3 Å². The standard InChI is InChI=1S/C18H16N2O4S/c1-9-2-4-10(5-3-9)11-8-25-18(19-11)20-16(21)14-12-6-7-13(24-12)15(14)17(22)23/h2-8,12-15H,1H3,(H,22,23)(H,19,20,21)/p-1. The molecule has 2 aromatic rings. The van der Waals surface area contributed by atoms with E-state index in [0.717, 1.165) is 16.8 Å². The fourth-order valence-electron chi connectivity index (χ4n) is 3.28. The number of thiazole rings is 1. The number of aromatic nitrogens is 1. The fraction of sp³-hybridized carbons (Fsp3) is 0.278. The highest BCUT2D eigenvalue weighted by atomic mass is 32.1. The number of aryl methyl sites for hydroxylation is 1. The van der Waals surface area contributed by atoms with Gasteiger partial charge in [0, 0.05) is 22.8 Å². The van der Waals surface area contributed by atoms with Crippen LogP contribution in [0.2, 0.25) is 0 Å². The van der Waals surface area contributed by atoms with Crippen molar-refractivity contribution in [2.24, 2.45) is 11.8 Å². The molecule has 1 amide bonds. The third-order valence-corrected chi connectivity index (χ3v) is 5.31. The molecule has 128 valence electrons. The van der Waals surface area contributed by atoms with Crippen LogP contribution in [0.5, 0.6) is 0 Å². The molecule has 0 saturated carbocycles. The molecule has 0 radical (unpaired) electrons. The second-order valence-electron chi connectivity index (χ2n) is 6.21. The van der Waals surface area contributed by atoms with E-state index in [1.807, 2.05) is 36.6 Å². The number of ether oxygens (including phenoxy) is 1. The zero-order valence-corrected chi connectivity index (χ0v) is 14.2. The van der Waals surface area contributed by atoms with Crippen molar-refractivity contribution in [2.75, 3.05) is 5.32 Å². The van der Waals surface area contributed by atoms with E-state index in [4.69, 9.17) is 4.74 Å². The Morgan fingerprint density at radius 2 is 1.84 bits per heavy atom. The van der Waals surface area contributed by atoms with Crippen molar-refractivity contribution in [1.82, 2.24) is 4.98 Å². The van der Waals surface area contributed by atoms with Crippen LogP contribution in [0.1, 0.15) is 5.56 Å². The molecule has 4 unspecified atom stereocenters. The van der Waals surface area contributed by atoms with Crippen LogP contribution in [-0.2, 0) is 14.3 Å². The first-order chi connectivity index (χ1) is 12.0. The normalized spacial score (nSPS) is 26.8. The molecule has 25 heavy (non-hydrogen) atoms. The van der Waals surface area contributed by atoms with Crippen molar-refractivity contribution in [2.45, 2.75) is 19.1 Å². The van der Waals surface area contributed by atoms with E-state index in [1.165, 1.54) is 11.3 Å². The average Bonchev–Trinajstić information content (AvgIpc) is 3.30. The van der Waals surface area contributed by atoms with E-state index in [0.29, 0.717) is 5.13 Å². The monoisotopic (exact) mass is 355 g/mol. The number of anilines is 1. The van der Waals surface area contributed by atoms with E-state index in [1.54, 1.807) is 12.2 Å². The average molecular weight is 355 g/mol. The molecule has 4 rings (SSSR count). The molecular weight excluding hydrogens is 340 g/mol. The maximum atomic E-state index is 12.6. The number of carboxylic acid groups (broad SMARTS) is 1. The van der Waals surface area contributed by atoms with Gasteiger partial charge in [-0.1, -0.05) is 42.0 Å². The zero-order valence-electron chi connectivity index (χ0n) is 13.3. The quantitative estimate of drug-likeness (QED) is 0.837. The summed E-state index contributed by atoms with van der Waals surface area (Å²) >= 11 is 1.30. The van der Waals surface area contributed by atoms with Crippen LogP contribution < -0.4 is 10.4 Å². The smallest absolute Gasteiger partial charge is 0.233 e. The SMILES string of the molecule is Cc1ccc(-c2csc(NC(=O)C3C4C=CC(O4)C3C(=O)[O-])n2)cc1. The summed E-state index contributed by atoms with van der Waals surface area (Å²) in [4.78, 5) is 28.3. The number of carboxylic acids is 1. The molecule has 7 heteroatoms. The Hall–Kier alpha value is -2.51. The molecule has 1 N–H and O–H groups in total. The highest BCUT2D eigenvalue weighted by Crippen LogP contribution is 2.39. The Balaban J connectivity index is 1.51. The van der Waals surface area contributed by atoms with Crippen LogP contribution in [0.3, 0.4) is 0 Å². The molecular formula is C18H15N2O4S-. The lowest BCUT2D eigenvalue weighted by molar-refractivity contribution is -0.313. The molecule has 3 heterocycles. The molecule has 0 aliphatic carbocycles. The van der Waals surface area contributed by atoms with E-state index < -0.39 is 35.9 Å². The molecule has 0 spiro atoms. The number of fused-ring (bicyclic) bond motifs is 2.